The molecule has 1 aliphatic rings. The molecule has 0 aliphatic carbocycles. The number of carbonyl (C=O) groups is 1. The van der Waals surface area contributed by atoms with Crippen molar-refractivity contribution in [3.63, 3.8) is 0 Å². The van der Waals surface area contributed by atoms with Gasteiger partial charge in [0.1, 0.15) is 11.2 Å². The molecule has 21 heavy (non-hydrogen) atoms. The zero-order valence-electron chi connectivity index (χ0n) is 11.8. The van der Waals surface area contributed by atoms with E-state index >= 15 is 0 Å². The topological polar surface area (TPSA) is 42.2 Å². The van der Waals surface area contributed by atoms with E-state index < -0.39 is 0 Å². The summed E-state index contributed by atoms with van der Waals surface area (Å²) in [6, 6.07) is 13.7. The number of fused-ring (bicyclic) bond motifs is 3. The molecule has 1 saturated heterocycles. The van der Waals surface area contributed by atoms with Crippen molar-refractivity contribution in [1.29, 1.82) is 0 Å². The van der Waals surface area contributed by atoms with E-state index in [-0.39, 0.29) is 11.8 Å². The summed E-state index contributed by atoms with van der Waals surface area (Å²) in [5.41, 5.74) is 2.48. The van der Waals surface area contributed by atoms with Crippen molar-refractivity contribution >= 4 is 27.7 Å². The van der Waals surface area contributed by atoms with E-state index in [9.17, 15) is 4.79 Å². The highest BCUT2D eigenvalue weighted by atomic mass is 16.3. The molecule has 106 valence electrons. The lowest BCUT2D eigenvalue weighted by Crippen LogP contribution is -2.40. The summed E-state index contributed by atoms with van der Waals surface area (Å²) in [7, 11) is 0. The van der Waals surface area contributed by atoms with Crippen LogP contribution in [0.2, 0.25) is 0 Å². The van der Waals surface area contributed by atoms with Crippen LogP contribution in [0.5, 0.6) is 0 Å². The van der Waals surface area contributed by atoms with Crippen molar-refractivity contribution in [2.24, 2.45) is 0 Å². The normalized spacial score (nSPS) is 19.1. The van der Waals surface area contributed by atoms with Crippen LogP contribution in [0.25, 0.3) is 21.9 Å². The van der Waals surface area contributed by atoms with Crippen molar-refractivity contribution in [2.75, 3.05) is 6.54 Å². The highest BCUT2D eigenvalue weighted by Crippen LogP contribution is 2.29. The van der Waals surface area contributed by atoms with E-state index in [0.29, 0.717) is 0 Å². The average molecular weight is 279 g/mol. The fraction of sp³-hybridized carbons (Fsp3) is 0.278. The Hall–Kier alpha value is -2.13. The highest BCUT2D eigenvalue weighted by Gasteiger charge is 2.22. The third-order valence-electron chi connectivity index (χ3n) is 4.29. The molecule has 1 unspecified atom stereocenters. The van der Waals surface area contributed by atoms with Crippen molar-refractivity contribution in [1.82, 2.24) is 5.32 Å². The number of hydrogen-bond donors (Lipinski definition) is 1. The first-order valence-electron chi connectivity index (χ1n) is 7.52. The van der Waals surface area contributed by atoms with E-state index in [0.717, 1.165) is 53.3 Å². The van der Waals surface area contributed by atoms with E-state index in [1.807, 2.05) is 42.5 Å². The van der Waals surface area contributed by atoms with Crippen LogP contribution in [0.4, 0.5) is 0 Å². The van der Waals surface area contributed by atoms with Gasteiger partial charge in [0.05, 0.1) is 6.04 Å². The number of nitrogens with one attached hydrogen (secondary N) is 1. The number of hydrogen-bond acceptors (Lipinski definition) is 3. The molecule has 1 aromatic heterocycles. The van der Waals surface area contributed by atoms with Crippen LogP contribution in [0.15, 0.2) is 46.9 Å². The van der Waals surface area contributed by atoms with Gasteiger partial charge in [0.25, 0.3) is 0 Å². The molecule has 0 saturated carbocycles. The molecule has 0 spiro atoms. The van der Waals surface area contributed by atoms with Crippen LogP contribution in [0.1, 0.15) is 29.6 Å². The molecule has 2 aromatic carbocycles. The van der Waals surface area contributed by atoms with Crippen molar-refractivity contribution < 1.29 is 9.21 Å². The Bertz CT molecular complexity index is 812. The molecular weight excluding hydrogens is 262 g/mol. The molecule has 0 amide bonds. The molecule has 1 fully saturated rings. The molecule has 1 aliphatic heterocycles. The van der Waals surface area contributed by atoms with Gasteiger partial charge in [0, 0.05) is 16.3 Å². The summed E-state index contributed by atoms with van der Waals surface area (Å²) >= 11 is 0. The van der Waals surface area contributed by atoms with Gasteiger partial charge in [-0.2, -0.15) is 0 Å². The standard InChI is InChI=1S/C18H17NO2/c20-18(15-6-3-4-10-19-15)12-8-9-17-14(11-12)13-5-1-2-7-16(13)21-17/h1-2,5,7-9,11,15,19H,3-4,6,10H2. The zero-order chi connectivity index (χ0) is 14.2. The number of benzene rings is 2. The Balaban J connectivity index is 1.78. The number of carbonyl (C=O) groups excluding carboxylic acids is 1. The van der Waals surface area contributed by atoms with Crippen LogP contribution in [0, 0.1) is 0 Å². The first-order chi connectivity index (χ1) is 10.3. The van der Waals surface area contributed by atoms with Crippen LogP contribution < -0.4 is 5.32 Å². The third kappa shape index (κ3) is 2.14. The van der Waals surface area contributed by atoms with Crippen molar-refractivity contribution in [3.05, 3.63) is 48.0 Å². The number of ketones is 1. The molecule has 0 radical (unpaired) electrons. The first-order valence-corrected chi connectivity index (χ1v) is 7.52. The summed E-state index contributed by atoms with van der Waals surface area (Å²) in [5.74, 6) is 0.196. The number of piperidine rings is 1. The fourth-order valence-corrected chi connectivity index (χ4v) is 3.16. The second-order valence-electron chi connectivity index (χ2n) is 5.68. The second kappa shape index (κ2) is 5.01. The maximum Gasteiger partial charge on any atom is 0.179 e. The molecule has 0 bridgehead atoms. The SMILES string of the molecule is O=C(c1ccc2oc3ccccc3c2c1)C1CCCCN1. The number of para-hydroxylation sites is 1. The molecule has 3 nitrogen and oxygen atoms in total. The predicted octanol–water partition coefficient (Wildman–Crippen LogP) is 3.91. The molecule has 1 N–H and O–H groups in total. The molecule has 1 atom stereocenters. The Morgan fingerprint density at radius 2 is 1.90 bits per heavy atom. The van der Waals surface area contributed by atoms with Crippen LogP contribution in [-0.4, -0.2) is 18.4 Å². The van der Waals surface area contributed by atoms with Gasteiger partial charge < -0.3 is 9.73 Å². The van der Waals surface area contributed by atoms with E-state index in [1.54, 1.807) is 0 Å². The third-order valence-corrected chi connectivity index (χ3v) is 4.29. The lowest BCUT2D eigenvalue weighted by Gasteiger charge is -2.22. The molecular formula is C18H17NO2. The zero-order valence-corrected chi connectivity index (χ0v) is 11.8. The number of furan rings is 1. The monoisotopic (exact) mass is 279 g/mol. The number of Topliss-reactive ketones (excluding diaryl/α,β-unsaturated/α-hetero) is 1. The Morgan fingerprint density at radius 3 is 2.76 bits per heavy atom. The maximum absolute atomic E-state index is 12.6. The van der Waals surface area contributed by atoms with Gasteiger partial charge in [0.15, 0.2) is 5.78 Å². The van der Waals surface area contributed by atoms with Crippen molar-refractivity contribution in [2.45, 2.75) is 25.3 Å². The minimum absolute atomic E-state index is 0.0330. The Kier molecular flexibility index (Phi) is 3.00. The van der Waals surface area contributed by atoms with E-state index in [2.05, 4.69) is 5.32 Å². The van der Waals surface area contributed by atoms with Crippen LogP contribution in [-0.2, 0) is 0 Å². The van der Waals surface area contributed by atoms with Gasteiger partial charge >= 0.3 is 0 Å². The molecule has 3 aromatic rings. The number of rotatable bonds is 2. The maximum atomic E-state index is 12.6. The summed E-state index contributed by atoms with van der Waals surface area (Å²) < 4.78 is 5.81. The lowest BCUT2D eigenvalue weighted by atomic mass is 9.95. The van der Waals surface area contributed by atoms with E-state index in [1.165, 1.54) is 0 Å². The summed E-state index contributed by atoms with van der Waals surface area (Å²) in [6.45, 7) is 0.938. The smallest absolute Gasteiger partial charge is 0.179 e. The summed E-state index contributed by atoms with van der Waals surface area (Å²) in [5, 5.41) is 5.41. The average Bonchev–Trinajstić information content (AvgIpc) is 2.93. The van der Waals surface area contributed by atoms with Gasteiger partial charge in [-0.1, -0.05) is 24.6 Å². The summed E-state index contributed by atoms with van der Waals surface area (Å²) in [4.78, 5) is 12.6. The fourth-order valence-electron chi connectivity index (χ4n) is 3.16. The van der Waals surface area contributed by atoms with E-state index in [4.69, 9.17) is 4.42 Å². The minimum atomic E-state index is -0.0330. The van der Waals surface area contributed by atoms with Crippen molar-refractivity contribution in [3.8, 4) is 0 Å². The van der Waals surface area contributed by atoms with Gasteiger partial charge in [-0.25, -0.2) is 0 Å². The Morgan fingerprint density at radius 1 is 1.05 bits per heavy atom. The second-order valence-corrected chi connectivity index (χ2v) is 5.68. The predicted molar refractivity (Wildman–Crippen MR) is 83.7 cm³/mol. The van der Waals surface area contributed by atoms with Crippen LogP contribution >= 0.6 is 0 Å². The van der Waals surface area contributed by atoms with Gasteiger partial charge in [-0.15, -0.1) is 0 Å². The largest absolute Gasteiger partial charge is 0.456 e. The molecule has 2 heterocycles. The molecule has 3 heteroatoms. The van der Waals surface area contributed by atoms with Gasteiger partial charge in [-0.3, -0.25) is 4.79 Å². The van der Waals surface area contributed by atoms with Gasteiger partial charge in [0.2, 0.25) is 0 Å². The first kappa shape index (κ1) is 12.6. The highest BCUT2D eigenvalue weighted by molar-refractivity contribution is 6.09. The van der Waals surface area contributed by atoms with Crippen LogP contribution in [0.3, 0.4) is 0 Å². The van der Waals surface area contributed by atoms with Gasteiger partial charge in [-0.05, 0) is 43.7 Å². The lowest BCUT2D eigenvalue weighted by molar-refractivity contribution is 0.0927. The Labute approximate surface area is 122 Å². The minimum Gasteiger partial charge on any atom is -0.456 e. The summed E-state index contributed by atoms with van der Waals surface area (Å²) in [6.07, 6.45) is 3.22. The molecule has 4 rings (SSSR count). The quantitative estimate of drug-likeness (QED) is 0.723.